The molecular weight excluding hydrogens is 288 g/mol. The SMILES string of the molecule is CCC1COCCN1C(=O)c1sc2c(c(C)nn2C)c1N. The Morgan fingerprint density at radius 3 is 3.00 bits per heavy atom. The van der Waals surface area contributed by atoms with E-state index < -0.39 is 0 Å². The van der Waals surface area contributed by atoms with Crippen LogP contribution in [-0.4, -0.2) is 46.4 Å². The summed E-state index contributed by atoms with van der Waals surface area (Å²) < 4.78 is 7.26. The fraction of sp³-hybridized carbons (Fsp3) is 0.571. The molecule has 1 saturated heterocycles. The maximum Gasteiger partial charge on any atom is 0.266 e. The van der Waals surface area contributed by atoms with E-state index in [0.29, 0.717) is 30.3 Å². The molecule has 114 valence electrons. The Kier molecular flexibility index (Phi) is 3.62. The average molecular weight is 308 g/mol. The van der Waals surface area contributed by atoms with E-state index >= 15 is 0 Å². The molecule has 2 aromatic rings. The first-order valence-electron chi connectivity index (χ1n) is 7.14. The lowest BCUT2D eigenvalue weighted by Crippen LogP contribution is -2.48. The summed E-state index contributed by atoms with van der Waals surface area (Å²) in [6.45, 7) is 5.81. The van der Waals surface area contributed by atoms with Crippen LogP contribution in [0, 0.1) is 6.92 Å². The van der Waals surface area contributed by atoms with Crippen molar-refractivity contribution < 1.29 is 9.53 Å². The van der Waals surface area contributed by atoms with Crippen LogP contribution in [0.3, 0.4) is 0 Å². The second kappa shape index (κ2) is 5.31. The Morgan fingerprint density at radius 1 is 1.57 bits per heavy atom. The van der Waals surface area contributed by atoms with Gasteiger partial charge in [-0.15, -0.1) is 11.3 Å². The summed E-state index contributed by atoms with van der Waals surface area (Å²) in [7, 11) is 1.88. The van der Waals surface area contributed by atoms with E-state index in [0.717, 1.165) is 22.3 Å². The van der Waals surface area contributed by atoms with Crippen LogP contribution in [0.15, 0.2) is 0 Å². The second-order valence-electron chi connectivity index (χ2n) is 5.37. The molecule has 1 atom stereocenters. The third kappa shape index (κ3) is 2.20. The van der Waals surface area contributed by atoms with Crippen LogP contribution in [0.1, 0.15) is 28.7 Å². The van der Waals surface area contributed by atoms with Crippen LogP contribution in [0.2, 0.25) is 0 Å². The molecule has 7 heteroatoms. The van der Waals surface area contributed by atoms with E-state index in [-0.39, 0.29) is 11.9 Å². The molecule has 0 radical (unpaired) electrons. The molecule has 0 spiro atoms. The molecule has 21 heavy (non-hydrogen) atoms. The molecule has 1 fully saturated rings. The van der Waals surface area contributed by atoms with Crippen molar-refractivity contribution in [2.45, 2.75) is 26.3 Å². The van der Waals surface area contributed by atoms with Crippen LogP contribution in [0.5, 0.6) is 0 Å². The maximum absolute atomic E-state index is 12.9. The number of nitrogen functional groups attached to an aromatic ring is 1. The molecule has 3 rings (SSSR count). The first-order chi connectivity index (χ1) is 10.0. The zero-order valence-electron chi connectivity index (χ0n) is 12.5. The molecule has 1 amide bonds. The van der Waals surface area contributed by atoms with E-state index in [1.807, 2.05) is 18.9 Å². The van der Waals surface area contributed by atoms with Crippen molar-refractivity contribution in [3.63, 3.8) is 0 Å². The van der Waals surface area contributed by atoms with Gasteiger partial charge in [-0.05, 0) is 13.3 Å². The summed E-state index contributed by atoms with van der Waals surface area (Å²) in [4.78, 5) is 16.3. The van der Waals surface area contributed by atoms with E-state index in [4.69, 9.17) is 10.5 Å². The first-order valence-corrected chi connectivity index (χ1v) is 7.96. The number of carbonyl (C=O) groups excluding carboxylic acids is 1. The van der Waals surface area contributed by atoms with Gasteiger partial charge in [-0.2, -0.15) is 5.10 Å². The van der Waals surface area contributed by atoms with Gasteiger partial charge in [0.2, 0.25) is 0 Å². The highest BCUT2D eigenvalue weighted by Crippen LogP contribution is 2.36. The number of hydrogen-bond donors (Lipinski definition) is 1. The molecule has 3 heterocycles. The van der Waals surface area contributed by atoms with Crippen LogP contribution in [-0.2, 0) is 11.8 Å². The zero-order chi connectivity index (χ0) is 15.1. The summed E-state index contributed by atoms with van der Waals surface area (Å²) in [5, 5.41) is 5.27. The summed E-state index contributed by atoms with van der Waals surface area (Å²) >= 11 is 1.43. The topological polar surface area (TPSA) is 73.4 Å². The van der Waals surface area contributed by atoms with Gasteiger partial charge in [0.15, 0.2) is 0 Å². The summed E-state index contributed by atoms with van der Waals surface area (Å²) in [5.74, 6) is 0.0169. The molecule has 0 saturated carbocycles. The fourth-order valence-electron chi connectivity index (χ4n) is 2.88. The molecule has 2 N–H and O–H groups in total. The van der Waals surface area contributed by atoms with Crippen molar-refractivity contribution in [3.05, 3.63) is 10.6 Å². The van der Waals surface area contributed by atoms with Gasteiger partial charge in [-0.1, -0.05) is 6.92 Å². The lowest BCUT2D eigenvalue weighted by atomic mass is 10.1. The number of thiophene rings is 1. The van der Waals surface area contributed by atoms with Crippen LogP contribution in [0.4, 0.5) is 5.69 Å². The van der Waals surface area contributed by atoms with Gasteiger partial charge >= 0.3 is 0 Å². The average Bonchev–Trinajstić information content (AvgIpc) is 2.97. The molecule has 0 aromatic carbocycles. The van der Waals surface area contributed by atoms with Crippen molar-refractivity contribution >= 4 is 33.1 Å². The predicted octanol–water partition coefficient (Wildman–Crippen LogP) is 1.78. The summed E-state index contributed by atoms with van der Waals surface area (Å²) in [5.41, 5.74) is 7.66. The van der Waals surface area contributed by atoms with Gasteiger partial charge in [0.05, 0.1) is 36.0 Å². The second-order valence-corrected chi connectivity index (χ2v) is 6.37. The van der Waals surface area contributed by atoms with Gasteiger partial charge in [0.25, 0.3) is 5.91 Å². The smallest absolute Gasteiger partial charge is 0.266 e. The van der Waals surface area contributed by atoms with E-state index in [9.17, 15) is 4.79 Å². The predicted molar refractivity (Wildman–Crippen MR) is 83.7 cm³/mol. The quantitative estimate of drug-likeness (QED) is 0.917. The largest absolute Gasteiger partial charge is 0.397 e. The van der Waals surface area contributed by atoms with Crippen molar-refractivity contribution in [2.24, 2.45) is 7.05 Å². The van der Waals surface area contributed by atoms with Gasteiger partial charge in [-0.25, -0.2) is 0 Å². The third-order valence-corrected chi connectivity index (χ3v) is 5.30. The molecule has 1 unspecified atom stereocenters. The number of amides is 1. The van der Waals surface area contributed by atoms with Crippen molar-refractivity contribution in [3.8, 4) is 0 Å². The minimum absolute atomic E-state index is 0.0169. The Hall–Kier alpha value is -1.60. The lowest BCUT2D eigenvalue weighted by Gasteiger charge is -2.34. The number of nitrogens with two attached hydrogens (primary N) is 1. The number of carbonyl (C=O) groups is 1. The highest BCUT2D eigenvalue weighted by atomic mass is 32.1. The number of aryl methyl sites for hydroxylation is 2. The molecule has 0 bridgehead atoms. The van der Waals surface area contributed by atoms with Gasteiger partial charge in [-0.3, -0.25) is 9.48 Å². The number of ether oxygens (including phenoxy) is 1. The zero-order valence-corrected chi connectivity index (χ0v) is 13.4. The van der Waals surface area contributed by atoms with Gasteiger partial charge in [0.1, 0.15) is 9.71 Å². The van der Waals surface area contributed by atoms with E-state index in [1.165, 1.54) is 11.3 Å². The normalized spacial score (nSPS) is 19.4. The first kappa shape index (κ1) is 14.3. The molecule has 1 aliphatic rings. The van der Waals surface area contributed by atoms with Crippen LogP contribution >= 0.6 is 11.3 Å². The standard InChI is InChI=1S/C14H20N4O2S/c1-4-9-7-20-6-5-18(9)13(19)12-11(15)10-8(2)16-17(3)14(10)21-12/h9H,4-7,15H2,1-3H3. The van der Waals surface area contributed by atoms with Crippen LogP contribution in [0.25, 0.3) is 10.2 Å². The fourth-order valence-corrected chi connectivity index (χ4v) is 4.02. The monoisotopic (exact) mass is 308 g/mol. The van der Waals surface area contributed by atoms with E-state index in [2.05, 4.69) is 12.0 Å². The van der Waals surface area contributed by atoms with Crippen LogP contribution < -0.4 is 5.73 Å². The van der Waals surface area contributed by atoms with Crippen molar-refractivity contribution in [2.75, 3.05) is 25.5 Å². The molecule has 2 aromatic heterocycles. The molecule has 0 aliphatic carbocycles. The summed E-state index contributed by atoms with van der Waals surface area (Å²) in [6, 6.07) is 0.134. The highest BCUT2D eigenvalue weighted by molar-refractivity contribution is 7.21. The van der Waals surface area contributed by atoms with E-state index in [1.54, 1.807) is 4.68 Å². The number of anilines is 1. The Labute approximate surface area is 127 Å². The molecule has 1 aliphatic heterocycles. The van der Waals surface area contributed by atoms with Gasteiger partial charge < -0.3 is 15.4 Å². The molecule has 6 nitrogen and oxygen atoms in total. The number of nitrogens with zero attached hydrogens (tertiary/aromatic N) is 3. The number of aromatic nitrogens is 2. The van der Waals surface area contributed by atoms with Crippen molar-refractivity contribution in [1.29, 1.82) is 0 Å². The number of fused-ring (bicyclic) bond motifs is 1. The summed E-state index contributed by atoms with van der Waals surface area (Å²) in [6.07, 6.45) is 0.886. The van der Waals surface area contributed by atoms with Crippen molar-refractivity contribution in [1.82, 2.24) is 14.7 Å². The van der Waals surface area contributed by atoms with Gasteiger partial charge in [0, 0.05) is 13.6 Å². The minimum Gasteiger partial charge on any atom is -0.397 e. The Bertz CT molecular complexity index is 691. The third-order valence-electron chi connectivity index (χ3n) is 4.04. The number of rotatable bonds is 2. The lowest BCUT2D eigenvalue weighted by molar-refractivity contribution is -0.00248. The highest BCUT2D eigenvalue weighted by Gasteiger charge is 2.30. The minimum atomic E-state index is 0.0169. The number of hydrogen-bond acceptors (Lipinski definition) is 5. The molecular formula is C14H20N4O2S. The Balaban J connectivity index is 2.01. The number of morpholine rings is 1. The maximum atomic E-state index is 12.9. The Morgan fingerprint density at radius 2 is 2.33 bits per heavy atom.